The molecule has 0 aromatic heterocycles. The number of piperidine rings is 1. The van der Waals surface area contributed by atoms with E-state index in [2.05, 4.69) is 18.2 Å². The van der Waals surface area contributed by atoms with E-state index in [9.17, 15) is 0 Å². The van der Waals surface area contributed by atoms with Gasteiger partial charge in [0, 0.05) is 32.7 Å². The van der Waals surface area contributed by atoms with Gasteiger partial charge in [0.1, 0.15) is 0 Å². The van der Waals surface area contributed by atoms with Crippen molar-refractivity contribution in [2.45, 2.75) is 46.4 Å². The van der Waals surface area contributed by atoms with E-state index in [1.807, 2.05) is 35.4 Å². The van der Waals surface area contributed by atoms with Crippen molar-refractivity contribution in [2.24, 2.45) is 0 Å². The van der Waals surface area contributed by atoms with Crippen molar-refractivity contribution >= 4 is 34.9 Å². The Morgan fingerprint density at radius 1 is 1.20 bits per heavy atom. The highest BCUT2D eigenvalue weighted by Crippen LogP contribution is 2.49. The molecule has 0 radical (unpaired) electrons. The molecule has 1 unspecified atom stereocenters. The summed E-state index contributed by atoms with van der Waals surface area (Å²) in [6, 6.07) is 14.1. The summed E-state index contributed by atoms with van der Waals surface area (Å²) in [5, 5.41) is 0. The molecule has 25 heavy (non-hydrogen) atoms. The minimum atomic E-state index is -1.64. The summed E-state index contributed by atoms with van der Waals surface area (Å²) < 4.78 is 34.7. The minimum absolute atomic E-state index is 0.136. The fourth-order valence-corrected chi connectivity index (χ4v) is 4.86. The summed E-state index contributed by atoms with van der Waals surface area (Å²) in [7, 11) is 1.79. The predicted octanol–water partition coefficient (Wildman–Crippen LogP) is 5.89. The normalized spacial score (nSPS) is 25.2. The maximum Gasteiger partial charge on any atom is 0.0564 e. The van der Waals surface area contributed by atoms with Crippen molar-refractivity contribution in [3.63, 3.8) is 0 Å². The van der Waals surface area contributed by atoms with Crippen molar-refractivity contribution in [1.82, 2.24) is 4.90 Å². The first-order chi connectivity index (χ1) is 13.7. The van der Waals surface area contributed by atoms with Crippen molar-refractivity contribution in [2.75, 3.05) is 31.2 Å². The number of hydrogen-bond donors (Lipinski definition) is 0. The van der Waals surface area contributed by atoms with E-state index < -0.39 is 13.0 Å². The second kappa shape index (κ2) is 7.65. The lowest BCUT2D eigenvalue weighted by Crippen LogP contribution is -2.38. The number of hydrogen-bond acceptors (Lipinski definition) is 4. The van der Waals surface area contributed by atoms with Crippen LogP contribution in [0.25, 0.3) is 0 Å². The van der Waals surface area contributed by atoms with Gasteiger partial charge >= 0.3 is 0 Å². The van der Waals surface area contributed by atoms with Crippen LogP contribution in [0.15, 0.2) is 57.2 Å². The van der Waals surface area contributed by atoms with Gasteiger partial charge in [-0.05, 0) is 69.4 Å². The Bertz CT molecular complexity index is 906. The molecule has 0 N–H and O–H groups in total. The maximum absolute atomic E-state index is 9.09. The van der Waals surface area contributed by atoms with Gasteiger partial charge in [-0.1, -0.05) is 30.3 Å². The fourth-order valence-electron chi connectivity index (χ4n) is 3.38. The highest BCUT2D eigenvalue weighted by molar-refractivity contribution is 8.00. The van der Waals surface area contributed by atoms with Crippen LogP contribution in [-0.2, 0) is 0 Å². The van der Waals surface area contributed by atoms with Crippen molar-refractivity contribution in [3.05, 3.63) is 42.5 Å². The molecule has 4 heteroatoms. The number of rotatable bonds is 4. The highest BCUT2D eigenvalue weighted by Gasteiger charge is 2.25. The van der Waals surface area contributed by atoms with Crippen molar-refractivity contribution < 1.29 is 5.48 Å². The molecule has 1 fully saturated rings. The summed E-state index contributed by atoms with van der Waals surface area (Å²) in [6.07, 6.45) is 4.40. The van der Waals surface area contributed by atoms with Gasteiger partial charge in [0.15, 0.2) is 0 Å². The van der Waals surface area contributed by atoms with Gasteiger partial charge in [-0.2, -0.15) is 0 Å². The van der Waals surface area contributed by atoms with Crippen LogP contribution < -0.4 is 4.90 Å². The Balaban J connectivity index is 1.74. The van der Waals surface area contributed by atoms with Gasteiger partial charge in [0.05, 0.1) is 11.4 Å². The van der Waals surface area contributed by atoms with Crippen LogP contribution in [0.1, 0.15) is 31.2 Å². The number of thioether (sulfide) groups is 1. The molecule has 2 aliphatic heterocycles. The third-order valence-corrected chi connectivity index (χ3v) is 6.70. The van der Waals surface area contributed by atoms with Crippen molar-refractivity contribution in [1.29, 1.82) is 0 Å². The van der Waals surface area contributed by atoms with E-state index in [0.717, 1.165) is 38.9 Å². The Morgan fingerprint density at radius 3 is 2.92 bits per heavy atom. The van der Waals surface area contributed by atoms with Gasteiger partial charge < -0.3 is 9.80 Å². The molecule has 1 atom stereocenters. The summed E-state index contributed by atoms with van der Waals surface area (Å²) in [4.78, 5) is 6.78. The summed E-state index contributed by atoms with van der Waals surface area (Å²) >= 11 is 3.34. The summed E-state index contributed by atoms with van der Waals surface area (Å²) in [5.41, 5.74) is 1.78. The van der Waals surface area contributed by atoms with Gasteiger partial charge in [0.25, 0.3) is 0 Å². The average molecular weight is 375 g/mol. The third-order valence-electron chi connectivity index (χ3n) is 4.84. The second-order valence-corrected chi connectivity index (χ2v) is 8.38. The molecule has 1 saturated heterocycles. The molecule has 4 rings (SSSR count). The monoisotopic (exact) mass is 374 g/mol. The van der Waals surface area contributed by atoms with E-state index in [1.54, 1.807) is 35.5 Å². The third kappa shape index (κ3) is 3.57. The van der Waals surface area contributed by atoms with E-state index in [1.165, 1.54) is 0 Å². The first kappa shape index (κ1) is 13.1. The lowest BCUT2D eigenvalue weighted by atomic mass is 9.99. The summed E-state index contributed by atoms with van der Waals surface area (Å²) in [6.45, 7) is -3.02. The first-order valence-electron chi connectivity index (χ1n) is 10.7. The van der Waals surface area contributed by atoms with E-state index in [-0.39, 0.29) is 12.5 Å². The van der Waals surface area contributed by atoms with Gasteiger partial charge in [0.2, 0.25) is 0 Å². The number of likely N-dealkylation sites (tertiary alicyclic amines) is 1. The van der Waals surface area contributed by atoms with Crippen LogP contribution in [-0.4, -0.2) is 37.2 Å². The predicted molar refractivity (Wildman–Crippen MR) is 111 cm³/mol. The van der Waals surface area contributed by atoms with Gasteiger partial charge in [-0.15, -0.1) is 11.8 Å². The number of benzene rings is 2. The molecular weight excluding hydrogens is 344 g/mol. The summed E-state index contributed by atoms with van der Waals surface area (Å²) in [5.74, 6) is 0. The standard InChI is InChI=1S/C21H26N2S2/c1-22-13-6-5-7-16(22)12-14-23-18-8-3-4-9-20(18)25-21-11-10-17(24-2)15-19(21)23/h3-4,8-11,15-16H,5-7,12-14H2,1-2H3/i13D2,14D2. The topological polar surface area (TPSA) is 6.48 Å². The molecule has 0 saturated carbocycles. The fraction of sp³-hybridized carbons (Fsp3) is 0.429. The molecule has 0 bridgehead atoms. The number of anilines is 2. The lowest BCUT2D eigenvalue weighted by Gasteiger charge is -2.37. The van der Waals surface area contributed by atoms with Gasteiger partial charge in [-0.25, -0.2) is 0 Å². The molecule has 132 valence electrons. The molecule has 2 aromatic carbocycles. The van der Waals surface area contributed by atoms with Gasteiger partial charge in [-0.3, -0.25) is 0 Å². The largest absolute Gasteiger partial charge is 0.340 e. The van der Waals surface area contributed by atoms with E-state index >= 15 is 0 Å². The van der Waals surface area contributed by atoms with Crippen LogP contribution in [0, 0.1) is 0 Å². The number of para-hydroxylation sites is 1. The Labute approximate surface area is 165 Å². The lowest BCUT2D eigenvalue weighted by molar-refractivity contribution is 0.178. The quantitative estimate of drug-likeness (QED) is 0.616. The maximum atomic E-state index is 9.09. The molecule has 2 nitrogen and oxygen atoms in total. The smallest absolute Gasteiger partial charge is 0.0564 e. The number of nitrogens with zero attached hydrogens (tertiary/aromatic N) is 2. The van der Waals surface area contributed by atoms with Crippen LogP contribution >= 0.6 is 23.5 Å². The first-order valence-corrected chi connectivity index (χ1v) is 10.8. The zero-order valence-corrected chi connectivity index (χ0v) is 16.3. The van der Waals surface area contributed by atoms with Crippen molar-refractivity contribution in [3.8, 4) is 0 Å². The number of fused-ring (bicyclic) bond motifs is 2. The highest BCUT2D eigenvalue weighted by atomic mass is 32.2. The Morgan fingerprint density at radius 2 is 2.04 bits per heavy atom. The average Bonchev–Trinajstić information content (AvgIpc) is 2.68. The second-order valence-electron chi connectivity index (χ2n) is 6.42. The van der Waals surface area contributed by atoms with Crippen LogP contribution in [0.2, 0.25) is 0 Å². The minimum Gasteiger partial charge on any atom is -0.340 e. The van der Waals surface area contributed by atoms with Crippen LogP contribution in [0.4, 0.5) is 11.4 Å². The van der Waals surface area contributed by atoms with Crippen LogP contribution in [0.3, 0.4) is 0 Å². The SMILES string of the molecule is [2H]C([2H])(CC1CCCC([2H])([2H])N1C)N1c2ccccc2Sc2ccc(SC)cc21. The van der Waals surface area contributed by atoms with E-state index in [0.29, 0.717) is 6.42 Å². The Hall–Kier alpha value is -1.10. The molecule has 0 aliphatic carbocycles. The zero-order chi connectivity index (χ0) is 20.8. The molecular formula is C21H26N2S2. The molecule has 0 amide bonds. The molecule has 2 heterocycles. The molecule has 2 aromatic rings. The molecule has 2 aliphatic rings. The zero-order valence-electron chi connectivity index (χ0n) is 18.7. The van der Waals surface area contributed by atoms with Crippen LogP contribution in [0.5, 0.6) is 0 Å². The Kier molecular flexibility index (Phi) is 4.01. The molecule has 0 spiro atoms. The van der Waals surface area contributed by atoms with E-state index in [4.69, 9.17) is 5.48 Å².